The zero-order chi connectivity index (χ0) is 56.2. The summed E-state index contributed by atoms with van der Waals surface area (Å²) in [5.74, 6) is -4.08. The SMILES string of the molecule is Cc1ncsc1-c1ccc([C@H](C)NC(=O)[C@@H]2C[C@@H](O)CN2C(=O)[C@@H](NC(=O)CCCCCCCCCCNC(=O)c2cc3c(cc2CS(C)(=O)=O)-c2cn(C)c(=O)c4[nH]cc(c24)CN3c2ncc(F)cc2F)C(C)(C)C)cc1. The number of nitrogens with zero attached hydrogens (tertiary/aromatic N) is 5. The first kappa shape index (κ1) is 57.3. The molecule has 4 atom stereocenters. The fourth-order valence-corrected chi connectivity index (χ4v) is 12.1. The van der Waals surface area contributed by atoms with Gasteiger partial charge < -0.3 is 40.4 Å². The van der Waals surface area contributed by atoms with Gasteiger partial charge in [0.15, 0.2) is 21.5 Å². The average molecular weight is 1110 g/mol. The van der Waals surface area contributed by atoms with Crippen LogP contribution in [-0.4, -0.2) is 99.1 Å². The van der Waals surface area contributed by atoms with Crippen LogP contribution in [0.15, 0.2) is 71.4 Å². The molecule has 1 saturated heterocycles. The van der Waals surface area contributed by atoms with Crippen molar-refractivity contribution in [2.45, 2.75) is 135 Å². The molecule has 0 saturated carbocycles. The Balaban J connectivity index is 0.799. The summed E-state index contributed by atoms with van der Waals surface area (Å²) in [5, 5.41) is 20.2. The number of aliphatic hydroxyl groups is 1. The molecule has 0 spiro atoms. The van der Waals surface area contributed by atoms with Crippen LogP contribution in [0.4, 0.5) is 20.3 Å². The third-order valence-corrected chi connectivity index (χ3v) is 16.4. The van der Waals surface area contributed by atoms with Gasteiger partial charge in [0, 0.05) is 79.8 Å². The maximum atomic E-state index is 15.5. The number of halogens is 2. The van der Waals surface area contributed by atoms with Gasteiger partial charge in [-0.05, 0) is 66.5 Å². The number of carbonyl (C=O) groups excluding carboxylic acids is 4. The fraction of sp³-hybridized carbons (Fsp3) is 0.456. The number of likely N-dealkylation sites (tertiary alicyclic amines) is 1. The van der Waals surface area contributed by atoms with E-state index in [4.69, 9.17) is 0 Å². The number of β-amino-alcohol motifs (C(OH)–C–C–N with tert-alkyl or cyclic N) is 1. The van der Waals surface area contributed by atoms with E-state index in [9.17, 15) is 41.9 Å². The van der Waals surface area contributed by atoms with Gasteiger partial charge in [-0.1, -0.05) is 83.6 Å². The third-order valence-electron chi connectivity index (χ3n) is 14.6. The molecule has 5 N–H and O–H groups in total. The Morgan fingerprint density at radius 3 is 2.29 bits per heavy atom. The number of sulfone groups is 1. The quantitative estimate of drug-likeness (QED) is 0.0430. The van der Waals surface area contributed by atoms with Crippen LogP contribution in [0.3, 0.4) is 0 Å². The van der Waals surface area contributed by atoms with Gasteiger partial charge in [-0.15, -0.1) is 11.3 Å². The number of hydrogen-bond acceptors (Lipinski definition) is 12. The van der Waals surface area contributed by atoms with Crippen LogP contribution in [0, 0.1) is 24.0 Å². The number of H-pyrrole nitrogens is 1. The van der Waals surface area contributed by atoms with E-state index in [0.29, 0.717) is 58.7 Å². The lowest BCUT2D eigenvalue weighted by molar-refractivity contribution is -0.144. The molecular formula is C57H69F2N9O8S2. The molecule has 17 nitrogen and oxygen atoms in total. The van der Waals surface area contributed by atoms with E-state index in [1.54, 1.807) is 36.8 Å². The Labute approximate surface area is 457 Å². The first-order valence-corrected chi connectivity index (χ1v) is 29.4. The number of aromatic amines is 1. The van der Waals surface area contributed by atoms with Crippen molar-refractivity contribution in [2.24, 2.45) is 12.5 Å². The number of anilines is 2. The Hall–Kier alpha value is -6.84. The van der Waals surface area contributed by atoms with Crippen LogP contribution in [-0.2, 0) is 43.6 Å². The van der Waals surface area contributed by atoms with Gasteiger partial charge in [-0.3, -0.25) is 24.0 Å². The van der Waals surface area contributed by atoms with Gasteiger partial charge in [-0.2, -0.15) is 0 Å². The molecule has 6 heterocycles. The van der Waals surface area contributed by atoms with Gasteiger partial charge in [0.05, 0.1) is 52.4 Å². The van der Waals surface area contributed by atoms with Gasteiger partial charge in [-0.25, -0.2) is 27.2 Å². The lowest BCUT2D eigenvalue weighted by Gasteiger charge is -2.35. The van der Waals surface area contributed by atoms with E-state index in [1.807, 2.05) is 64.4 Å². The molecule has 78 heavy (non-hydrogen) atoms. The molecule has 4 aromatic heterocycles. The van der Waals surface area contributed by atoms with E-state index >= 15 is 4.39 Å². The lowest BCUT2D eigenvalue weighted by atomic mass is 9.85. The molecule has 6 aromatic rings. The van der Waals surface area contributed by atoms with Gasteiger partial charge in [0.1, 0.15) is 23.4 Å². The molecule has 0 radical (unpaired) electrons. The molecular weight excluding hydrogens is 1040 g/mol. The van der Waals surface area contributed by atoms with Crippen LogP contribution < -0.4 is 26.4 Å². The van der Waals surface area contributed by atoms with E-state index in [0.717, 1.165) is 72.7 Å². The molecule has 4 amide bonds. The summed E-state index contributed by atoms with van der Waals surface area (Å²) in [7, 11) is -2.09. The van der Waals surface area contributed by atoms with Crippen LogP contribution in [0.1, 0.15) is 131 Å². The number of aryl methyl sites for hydroxylation is 2. The van der Waals surface area contributed by atoms with Crippen molar-refractivity contribution in [2.75, 3.05) is 24.2 Å². The fourth-order valence-electron chi connectivity index (χ4n) is 10.5. The number of nitrogens with one attached hydrogen (secondary N) is 4. The molecule has 8 rings (SSSR count). The number of benzene rings is 2. The number of unbranched alkanes of at least 4 members (excludes halogenated alkanes) is 7. The zero-order valence-corrected chi connectivity index (χ0v) is 46.8. The first-order chi connectivity index (χ1) is 37.0. The minimum atomic E-state index is -3.67. The van der Waals surface area contributed by atoms with E-state index < -0.39 is 62.6 Å². The molecule has 2 aromatic carbocycles. The van der Waals surface area contributed by atoms with E-state index in [1.165, 1.54) is 20.4 Å². The molecule has 1 fully saturated rings. The number of aliphatic hydroxyl groups excluding tert-OH is 1. The summed E-state index contributed by atoms with van der Waals surface area (Å²) >= 11 is 1.56. The van der Waals surface area contributed by atoms with Crippen molar-refractivity contribution in [3.8, 4) is 21.6 Å². The summed E-state index contributed by atoms with van der Waals surface area (Å²) in [4.78, 5) is 83.8. The highest BCUT2D eigenvalue weighted by Gasteiger charge is 2.45. The topological polar surface area (TPSA) is 229 Å². The van der Waals surface area contributed by atoms with Crippen LogP contribution >= 0.6 is 11.3 Å². The second kappa shape index (κ2) is 24.0. The Bertz CT molecular complexity index is 3390. The molecule has 2 aliphatic heterocycles. The second-order valence-electron chi connectivity index (χ2n) is 21.9. The Morgan fingerprint density at radius 2 is 1.64 bits per heavy atom. The predicted octanol–water partition coefficient (Wildman–Crippen LogP) is 8.45. The smallest absolute Gasteiger partial charge is 0.274 e. The van der Waals surface area contributed by atoms with Crippen molar-refractivity contribution in [3.63, 3.8) is 0 Å². The highest BCUT2D eigenvalue weighted by atomic mass is 32.2. The first-order valence-electron chi connectivity index (χ1n) is 26.5. The number of thiazole rings is 1. The van der Waals surface area contributed by atoms with Crippen LogP contribution in [0.25, 0.3) is 32.5 Å². The third kappa shape index (κ3) is 13.2. The monoisotopic (exact) mass is 1110 g/mol. The van der Waals surface area contributed by atoms with Crippen molar-refractivity contribution in [1.29, 1.82) is 0 Å². The molecule has 416 valence electrons. The number of hydrogen-bond donors (Lipinski definition) is 5. The van der Waals surface area contributed by atoms with Crippen LogP contribution in [0.2, 0.25) is 0 Å². The standard InChI is InChI=1S/C57H69F2N9O8S2/c1-33(35-17-19-36(20-18-35)50-34(2)63-32-77-50)64-54(72)46-24-40(69)29-68(46)56(74)51(57(3,4)5)65-47(70)16-14-12-10-8-9-11-13-15-21-60-53(71)41-25-45-42(22-37(41)31-78(7,75)76)43-30-66(6)55(73)49-48(43)38(26-61-49)28-67(45)52-44(59)23-39(58)27-62-52/h17-20,22-23,25-27,30,32-33,40,46,51,61,69H,8-16,21,24,28-29,31H2,1-7H3,(H,60,71)(H,64,72)(H,65,70)/t33-,40+,46-,51+/m0/s1. The minimum absolute atomic E-state index is 0.00617. The predicted molar refractivity (Wildman–Crippen MR) is 298 cm³/mol. The summed E-state index contributed by atoms with van der Waals surface area (Å²) in [6.45, 7) is 9.70. The molecule has 0 unspecified atom stereocenters. The largest absolute Gasteiger partial charge is 0.391 e. The number of aromatic nitrogens is 4. The van der Waals surface area contributed by atoms with Crippen molar-refractivity contribution in [1.82, 2.24) is 40.4 Å². The van der Waals surface area contributed by atoms with Gasteiger partial charge in [0.2, 0.25) is 17.7 Å². The molecule has 0 aliphatic carbocycles. The number of pyridine rings is 2. The van der Waals surface area contributed by atoms with Gasteiger partial charge in [0.25, 0.3) is 11.5 Å². The number of carbonyl (C=O) groups is 4. The van der Waals surface area contributed by atoms with Crippen molar-refractivity contribution < 1.29 is 41.5 Å². The summed E-state index contributed by atoms with van der Waals surface area (Å²) in [6, 6.07) is 9.54. The minimum Gasteiger partial charge on any atom is -0.391 e. The molecule has 21 heteroatoms. The number of amides is 4. The van der Waals surface area contributed by atoms with Gasteiger partial charge >= 0.3 is 0 Å². The Morgan fingerprint density at radius 1 is 0.949 bits per heavy atom. The van der Waals surface area contributed by atoms with Crippen molar-refractivity contribution >= 4 is 67.2 Å². The maximum absolute atomic E-state index is 15.5. The summed E-state index contributed by atoms with van der Waals surface area (Å²) in [6.07, 6.45) is 11.2. The average Bonchev–Trinajstić information content (AvgIpc) is 4.32. The summed E-state index contributed by atoms with van der Waals surface area (Å²) < 4.78 is 56.7. The Kier molecular flexibility index (Phi) is 17.7. The van der Waals surface area contributed by atoms with E-state index in [-0.39, 0.29) is 66.3 Å². The van der Waals surface area contributed by atoms with E-state index in [2.05, 4.69) is 30.9 Å². The highest BCUT2D eigenvalue weighted by molar-refractivity contribution is 7.89. The molecule has 0 bridgehead atoms. The van der Waals surface area contributed by atoms with Crippen LogP contribution in [0.5, 0.6) is 0 Å². The zero-order valence-electron chi connectivity index (χ0n) is 45.2. The maximum Gasteiger partial charge on any atom is 0.274 e. The molecule has 2 aliphatic rings. The normalized spacial score (nSPS) is 16.2. The van der Waals surface area contributed by atoms with Crippen molar-refractivity contribution in [3.05, 3.63) is 117 Å². The highest BCUT2D eigenvalue weighted by Crippen LogP contribution is 2.45. The lowest BCUT2D eigenvalue weighted by Crippen LogP contribution is -2.57. The number of rotatable bonds is 21. The number of fused-ring (bicyclic) bond motifs is 2. The second-order valence-corrected chi connectivity index (χ2v) is 24.9. The summed E-state index contributed by atoms with van der Waals surface area (Å²) in [5.41, 5.74) is 6.21.